The quantitative estimate of drug-likeness (QED) is 0.642. The fraction of sp³-hybridized carbons (Fsp3) is 0.292. The summed E-state index contributed by atoms with van der Waals surface area (Å²) in [5, 5.41) is 3.14. The smallest absolute Gasteiger partial charge is 0.265 e. The van der Waals surface area contributed by atoms with Crippen molar-refractivity contribution < 1.29 is 19.0 Å². The van der Waals surface area contributed by atoms with Gasteiger partial charge in [-0.2, -0.15) is 0 Å². The van der Waals surface area contributed by atoms with Crippen molar-refractivity contribution in [1.82, 2.24) is 4.90 Å². The number of methoxy groups -OCH3 is 1. The highest BCUT2D eigenvalue weighted by atomic mass is 32.1. The van der Waals surface area contributed by atoms with Crippen LogP contribution >= 0.6 is 11.3 Å². The van der Waals surface area contributed by atoms with Gasteiger partial charge < -0.3 is 24.4 Å². The third-order valence-electron chi connectivity index (χ3n) is 5.78. The van der Waals surface area contributed by atoms with Gasteiger partial charge in [-0.3, -0.25) is 4.79 Å². The highest BCUT2D eigenvalue weighted by Gasteiger charge is 2.33. The van der Waals surface area contributed by atoms with Crippen LogP contribution in [0.15, 0.2) is 36.4 Å². The molecule has 2 aromatic carbocycles. The molecular formula is C24H24N2O4S. The summed E-state index contributed by atoms with van der Waals surface area (Å²) < 4.78 is 17.2. The van der Waals surface area contributed by atoms with Crippen molar-refractivity contribution in [3.05, 3.63) is 58.0 Å². The zero-order valence-corrected chi connectivity index (χ0v) is 18.6. The Labute approximate surface area is 185 Å². The second-order valence-electron chi connectivity index (χ2n) is 7.86. The lowest BCUT2D eigenvalue weighted by molar-refractivity contribution is 0.102. The summed E-state index contributed by atoms with van der Waals surface area (Å²) in [4.78, 5) is 17.3. The lowest BCUT2D eigenvalue weighted by atomic mass is 9.95. The number of aryl methyl sites for hydroxylation is 1. The fourth-order valence-corrected chi connectivity index (χ4v) is 5.36. The maximum atomic E-state index is 13.3. The predicted octanol–water partition coefficient (Wildman–Crippen LogP) is 4.70. The number of thiophene rings is 1. The van der Waals surface area contributed by atoms with Crippen molar-refractivity contribution in [2.75, 3.05) is 32.8 Å². The third kappa shape index (κ3) is 3.43. The van der Waals surface area contributed by atoms with Crippen LogP contribution < -0.4 is 19.5 Å². The molecular weight excluding hydrogens is 412 g/mol. The van der Waals surface area contributed by atoms with E-state index in [1.807, 2.05) is 31.2 Å². The third-order valence-corrected chi connectivity index (χ3v) is 7.06. The molecule has 2 aliphatic rings. The molecule has 3 heterocycles. The van der Waals surface area contributed by atoms with Crippen LogP contribution in [-0.2, 0) is 13.0 Å². The van der Waals surface area contributed by atoms with E-state index in [-0.39, 0.29) is 12.7 Å². The second kappa shape index (κ2) is 7.90. The Balaban J connectivity index is 1.53. The minimum Gasteiger partial charge on any atom is -0.492 e. The minimum absolute atomic E-state index is 0.115. The zero-order chi connectivity index (χ0) is 21.5. The van der Waals surface area contributed by atoms with E-state index in [2.05, 4.69) is 29.4 Å². The van der Waals surface area contributed by atoms with Gasteiger partial charge in [-0.15, -0.1) is 11.3 Å². The maximum absolute atomic E-state index is 13.3. The Morgan fingerprint density at radius 1 is 1.16 bits per heavy atom. The van der Waals surface area contributed by atoms with E-state index in [4.69, 9.17) is 14.2 Å². The number of amides is 1. The highest BCUT2D eigenvalue weighted by Crippen LogP contribution is 2.52. The van der Waals surface area contributed by atoms with Crippen LogP contribution in [0.4, 0.5) is 5.69 Å². The first kappa shape index (κ1) is 19.9. The van der Waals surface area contributed by atoms with Crippen molar-refractivity contribution in [2.45, 2.75) is 19.9 Å². The van der Waals surface area contributed by atoms with Gasteiger partial charge in [-0.05, 0) is 43.1 Å². The fourth-order valence-electron chi connectivity index (χ4n) is 4.28. The first-order chi connectivity index (χ1) is 15.1. The molecule has 5 rings (SSSR count). The summed E-state index contributed by atoms with van der Waals surface area (Å²) >= 11 is 1.50. The topological polar surface area (TPSA) is 60.0 Å². The molecule has 0 aliphatic carbocycles. The van der Waals surface area contributed by atoms with Gasteiger partial charge in [0.2, 0.25) is 12.5 Å². The van der Waals surface area contributed by atoms with Gasteiger partial charge in [0, 0.05) is 23.5 Å². The molecule has 6 nitrogen and oxygen atoms in total. The number of hydrogen-bond acceptors (Lipinski definition) is 6. The minimum atomic E-state index is -0.140. The molecule has 7 heteroatoms. The van der Waals surface area contributed by atoms with E-state index in [1.54, 1.807) is 7.11 Å². The predicted molar refractivity (Wildman–Crippen MR) is 122 cm³/mol. The highest BCUT2D eigenvalue weighted by molar-refractivity contribution is 7.17. The molecule has 3 aromatic rings. The number of fused-ring (bicyclic) bond motifs is 2. The number of benzene rings is 2. The van der Waals surface area contributed by atoms with E-state index in [9.17, 15) is 4.79 Å². The molecule has 0 fully saturated rings. The molecule has 31 heavy (non-hydrogen) atoms. The van der Waals surface area contributed by atoms with E-state index >= 15 is 0 Å². The van der Waals surface area contributed by atoms with E-state index < -0.39 is 0 Å². The first-order valence-corrected chi connectivity index (χ1v) is 11.1. The van der Waals surface area contributed by atoms with Crippen molar-refractivity contribution >= 4 is 22.9 Å². The summed E-state index contributed by atoms with van der Waals surface area (Å²) in [6.45, 7) is 3.78. The second-order valence-corrected chi connectivity index (χ2v) is 8.91. The van der Waals surface area contributed by atoms with Crippen molar-refractivity contribution in [2.24, 2.45) is 0 Å². The lowest BCUT2D eigenvalue weighted by Gasteiger charge is -2.29. The van der Waals surface area contributed by atoms with Gasteiger partial charge in [0.1, 0.15) is 0 Å². The van der Waals surface area contributed by atoms with Crippen LogP contribution in [0.5, 0.6) is 17.2 Å². The first-order valence-electron chi connectivity index (χ1n) is 10.2. The summed E-state index contributed by atoms with van der Waals surface area (Å²) in [5.74, 6) is 1.69. The van der Waals surface area contributed by atoms with Gasteiger partial charge in [0.05, 0.1) is 17.7 Å². The molecule has 0 radical (unpaired) electrons. The van der Waals surface area contributed by atoms with Crippen LogP contribution in [-0.4, -0.2) is 38.3 Å². The van der Waals surface area contributed by atoms with E-state index in [1.165, 1.54) is 11.3 Å². The number of anilines is 1. The number of nitrogens with zero attached hydrogens (tertiary/aromatic N) is 1. The number of nitrogens with one attached hydrogen (secondary N) is 1. The van der Waals surface area contributed by atoms with Crippen LogP contribution in [0.3, 0.4) is 0 Å². The molecule has 0 saturated heterocycles. The van der Waals surface area contributed by atoms with Crippen LogP contribution in [0.25, 0.3) is 10.4 Å². The molecule has 0 atom stereocenters. The Morgan fingerprint density at radius 3 is 2.71 bits per heavy atom. The normalized spacial score (nSPS) is 14.9. The SMILES string of the molecule is COc1c2c(c(NC(=O)c3cc(C)c(-c4ccccc4)s3)c3c1OCO3)CCN(C)C2. The average Bonchev–Trinajstić information content (AvgIpc) is 3.41. The molecule has 160 valence electrons. The summed E-state index contributed by atoms with van der Waals surface area (Å²) in [7, 11) is 3.72. The Bertz CT molecular complexity index is 1160. The van der Waals surface area contributed by atoms with Crippen molar-refractivity contribution in [3.63, 3.8) is 0 Å². The molecule has 0 bridgehead atoms. The number of likely N-dealkylation sites (N-methyl/N-ethyl adjacent to an activating group) is 1. The van der Waals surface area contributed by atoms with Crippen LogP contribution in [0.1, 0.15) is 26.4 Å². The number of carbonyl (C=O) groups excluding carboxylic acids is 1. The molecule has 0 spiro atoms. The standard InChI is InChI=1S/C24H24N2O4S/c1-14-11-18(31-23(14)15-7-5-4-6-8-15)24(27)25-19-16-9-10-26(2)12-17(16)20(28-3)22-21(19)29-13-30-22/h4-8,11H,9-10,12-13H2,1-3H3,(H,25,27). The lowest BCUT2D eigenvalue weighted by Crippen LogP contribution is -2.28. The molecule has 1 aromatic heterocycles. The monoisotopic (exact) mass is 436 g/mol. The zero-order valence-electron chi connectivity index (χ0n) is 17.8. The largest absolute Gasteiger partial charge is 0.492 e. The van der Waals surface area contributed by atoms with Crippen molar-refractivity contribution in [1.29, 1.82) is 0 Å². The Kier molecular flexibility index (Phi) is 5.08. The summed E-state index contributed by atoms with van der Waals surface area (Å²) in [5.41, 5.74) is 5.01. The summed E-state index contributed by atoms with van der Waals surface area (Å²) in [6.07, 6.45) is 0.799. The van der Waals surface area contributed by atoms with Gasteiger partial charge in [0.15, 0.2) is 11.5 Å². The molecule has 0 saturated carbocycles. The van der Waals surface area contributed by atoms with Crippen LogP contribution in [0.2, 0.25) is 0 Å². The molecule has 0 unspecified atom stereocenters. The van der Waals surface area contributed by atoms with E-state index in [0.29, 0.717) is 27.8 Å². The Hall–Kier alpha value is -3.03. The van der Waals surface area contributed by atoms with Crippen molar-refractivity contribution in [3.8, 4) is 27.7 Å². The van der Waals surface area contributed by atoms with Crippen LogP contribution in [0, 0.1) is 6.92 Å². The Morgan fingerprint density at radius 2 is 1.94 bits per heavy atom. The molecule has 2 aliphatic heterocycles. The molecule has 1 amide bonds. The summed E-state index contributed by atoms with van der Waals surface area (Å²) in [6, 6.07) is 12.1. The van der Waals surface area contributed by atoms with E-state index in [0.717, 1.165) is 46.6 Å². The van der Waals surface area contributed by atoms with Gasteiger partial charge in [-0.25, -0.2) is 0 Å². The van der Waals surface area contributed by atoms with Gasteiger partial charge in [-0.1, -0.05) is 30.3 Å². The number of ether oxygens (including phenoxy) is 3. The number of hydrogen-bond donors (Lipinski definition) is 1. The molecule has 1 N–H and O–H groups in total. The van der Waals surface area contributed by atoms with Gasteiger partial charge in [0.25, 0.3) is 5.91 Å². The number of carbonyl (C=O) groups is 1. The number of rotatable bonds is 4. The maximum Gasteiger partial charge on any atom is 0.265 e. The average molecular weight is 437 g/mol. The van der Waals surface area contributed by atoms with Gasteiger partial charge >= 0.3 is 0 Å².